The Bertz CT molecular complexity index is 752. The zero-order valence-corrected chi connectivity index (χ0v) is 15.8. The van der Waals surface area contributed by atoms with E-state index < -0.39 is 0 Å². The van der Waals surface area contributed by atoms with Gasteiger partial charge >= 0.3 is 0 Å². The van der Waals surface area contributed by atoms with Gasteiger partial charge in [0.25, 0.3) is 5.91 Å². The van der Waals surface area contributed by atoms with Crippen LogP contribution in [0.1, 0.15) is 18.1 Å². The summed E-state index contributed by atoms with van der Waals surface area (Å²) in [6, 6.07) is 13.6. The van der Waals surface area contributed by atoms with E-state index >= 15 is 0 Å². The highest BCUT2D eigenvalue weighted by atomic mass is 16.5. The Hall–Kier alpha value is -2.95. The summed E-state index contributed by atoms with van der Waals surface area (Å²) in [6.07, 6.45) is 3.93. The number of nitrogens with one attached hydrogen (secondary N) is 1. The van der Waals surface area contributed by atoms with Crippen LogP contribution >= 0.6 is 0 Å². The quantitative estimate of drug-likeness (QED) is 0.788. The molecule has 0 spiro atoms. The number of carbonyl (C=O) groups excluding carboxylic acids is 1. The van der Waals surface area contributed by atoms with Crippen LogP contribution in [0.15, 0.2) is 48.5 Å². The highest BCUT2D eigenvalue weighted by Crippen LogP contribution is 2.28. The van der Waals surface area contributed by atoms with Crippen LogP contribution in [0.3, 0.4) is 0 Å². The molecule has 0 aromatic heterocycles. The molecule has 0 atom stereocenters. The van der Waals surface area contributed by atoms with Crippen molar-refractivity contribution in [2.45, 2.75) is 13.5 Å². The summed E-state index contributed by atoms with van der Waals surface area (Å²) in [7, 11) is 5.57. The van der Waals surface area contributed by atoms with Gasteiger partial charge in [-0.15, -0.1) is 0 Å². The van der Waals surface area contributed by atoms with Crippen LogP contribution in [0, 0.1) is 0 Å². The summed E-state index contributed by atoms with van der Waals surface area (Å²) in [5, 5.41) is 2.86. The minimum atomic E-state index is -0.179. The predicted molar refractivity (Wildman–Crippen MR) is 106 cm³/mol. The lowest BCUT2D eigenvalue weighted by molar-refractivity contribution is -0.123. The van der Waals surface area contributed by atoms with E-state index in [4.69, 9.17) is 9.47 Å². The monoisotopic (exact) mass is 354 g/mol. The van der Waals surface area contributed by atoms with Gasteiger partial charge < -0.3 is 19.7 Å². The Kier molecular flexibility index (Phi) is 7.09. The molecule has 5 heteroatoms. The second-order valence-electron chi connectivity index (χ2n) is 6.04. The van der Waals surface area contributed by atoms with Crippen LogP contribution in [0.2, 0.25) is 0 Å². The minimum absolute atomic E-state index is 0.0604. The van der Waals surface area contributed by atoms with Crippen molar-refractivity contribution in [3.05, 3.63) is 59.7 Å². The number of benzene rings is 2. The topological polar surface area (TPSA) is 50.8 Å². The number of amides is 1. The molecule has 5 nitrogen and oxygen atoms in total. The van der Waals surface area contributed by atoms with Gasteiger partial charge in [-0.3, -0.25) is 4.79 Å². The third kappa shape index (κ3) is 5.55. The molecule has 0 saturated heterocycles. The Balaban J connectivity index is 1.86. The molecular weight excluding hydrogens is 328 g/mol. The minimum Gasteiger partial charge on any atom is -0.493 e. The number of hydrogen-bond donors (Lipinski definition) is 1. The number of rotatable bonds is 8. The van der Waals surface area contributed by atoms with Crippen LogP contribution in [-0.4, -0.2) is 33.7 Å². The standard InChI is InChI=1S/C21H26N2O3/c1-5-6-16-9-12-19(20(13-16)25-4)26-15-21(24)22-14-17-7-10-18(11-8-17)23(2)3/h5-13H,14-15H2,1-4H3,(H,22,24)/b6-5+. The largest absolute Gasteiger partial charge is 0.493 e. The van der Waals surface area contributed by atoms with Crippen molar-refractivity contribution in [1.29, 1.82) is 0 Å². The van der Waals surface area contributed by atoms with Crippen molar-refractivity contribution < 1.29 is 14.3 Å². The smallest absolute Gasteiger partial charge is 0.258 e. The number of methoxy groups -OCH3 is 1. The van der Waals surface area contributed by atoms with Gasteiger partial charge in [-0.1, -0.05) is 30.4 Å². The molecule has 0 aliphatic heterocycles. The average Bonchev–Trinajstić information content (AvgIpc) is 2.65. The highest BCUT2D eigenvalue weighted by molar-refractivity contribution is 5.77. The van der Waals surface area contributed by atoms with E-state index in [9.17, 15) is 4.79 Å². The van der Waals surface area contributed by atoms with E-state index in [-0.39, 0.29) is 12.5 Å². The van der Waals surface area contributed by atoms with Crippen LogP contribution in [0.25, 0.3) is 6.08 Å². The van der Waals surface area contributed by atoms with E-state index in [0.29, 0.717) is 18.0 Å². The molecule has 0 unspecified atom stereocenters. The predicted octanol–water partition coefficient (Wildman–Crippen LogP) is 3.49. The second kappa shape index (κ2) is 9.51. The van der Waals surface area contributed by atoms with Crippen molar-refractivity contribution in [1.82, 2.24) is 5.32 Å². The van der Waals surface area contributed by atoms with E-state index in [1.54, 1.807) is 13.2 Å². The van der Waals surface area contributed by atoms with E-state index in [1.807, 2.05) is 74.5 Å². The summed E-state index contributed by atoms with van der Waals surface area (Å²) in [5.41, 5.74) is 3.18. The van der Waals surface area contributed by atoms with Crippen LogP contribution in [-0.2, 0) is 11.3 Å². The maximum atomic E-state index is 12.0. The summed E-state index contributed by atoms with van der Waals surface area (Å²) in [5.74, 6) is 0.972. The molecule has 138 valence electrons. The van der Waals surface area contributed by atoms with Crippen molar-refractivity contribution >= 4 is 17.7 Å². The normalized spacial score (nSPS) is 10.6. The molecule has 2 aromatic carbocycles. The van der Waals surface area contributed by atoms with Gasteiger partial charge in [-0.05, 0) is 42.3 Å². The summed E-state index contributed by atoms with van der Waals surface area (Å²) >= 11 is 0. The first kappa shape index (κ1) is 19.4. The highest BCUT2D eigenvalue weighted by Gasteiger charge is 2.08. The van der Waals surface area contributed by atoms with Crippen LogP contribution < -0.4 is 19.7 Å². The first-order chi connectivity index (χ1) is 12.5. The van der Waals surface area contributed by atoms with E-state index in [1.165, 1.54) is 0 Å². The van der Waals surface area contributed by atoms with E-state index in [0.717, 1.165) is 16.8 Å². The Morgan fingerprint density at radius 2 is 1.85 bits per heavy atom. The summed E-state index contributed by atoms with van der Waals surface area (Å²) < 4.78 is 10.9. The molecule has 0 saturated carbocycles. The second-order valence-corrected chi connectivity index (χ2v) is 6.04. The molecule has 2 aromatic rings. The van der Waals surface area contributed by atoms with Crippen LogP contribution in [0.5, 0.6) is 11.5 Å². The van der Waals surface area contributed by atoms with Gasteiger partial charge in [-0.2, -0.15) is 0 Å². The zero-order valence-electron chi connectivity index (χ0n) is 15.8. The third-order valence-corrected chi connectivity index (χ3v) is 3.85. The molecule has 0 bridgehead atoms. The fourth-order valence-electron chi connectivity index (χ4n) is 2.41. The average molecular weight is 354 g/mol. The fourth-order valence-corrected chi connectivity index (χ4v) is 2.41. The SMILES string of the molecule is C/C=C/c1ccc(OCC(=O)NCc2ccc(N(C)C)cc2)c(OC)c1. The Morgan fingerprint density at radius 3 is 2.46 bits per heavy atom. The lowest BCUT2D eigenvalue weighted by atomic mass is 10.2. The van der Waals surface area contributed by atoms with Crippen molar-refractivity contribution in [2.24, 2.45) is 0 Å². The molecular formula is C21H26N2O3. The van der Waals surface area contributed by atoms with Gasteiger partial charge in [-0.25, -0.2) is 0 Å². The summed E-state index contributed by atoms with van der Waals surface area (Å²) in [4.78, 5) is 14.1. The molecule has 26 heavy (non-hydrogen) atoms. The van der Waals surface area contributed by atoms with Gasteiger partial charge in [0, 0.05) is 26.3 Å². The zero-order chi connectivity index (χ0) is 18.9. The van der Waals surface area contributed by atoms with Gasteiger partial charge in [0.05, 0.1) is 7.11 Å². The molecule has 1 amide bonds. The molecule has 1 N–H and O–H groups in total. The molecule has 0 heterocycles. The lowest BCUT2D eigenvalue weighted by Crippen LogP contribution is -2.28. The molecule has 2 rings (SSSR count). The molecule has 0 fully saturated rings. The van der Waals surface area contributed by atoms with Crippen molar-refractivity contribution in [3.8, 4) is 11.5 Å². The van der Waals surface area contributed by atoms with Gasteiger partial charge in [0.15, 0.2) is 18.1 Å². The van der Waals surface area contributed by atoms with Crippen molar-refractivity contribution in [3.63, 3.8) is 0 Å². The lowest BCUT2D eigenvalue weighted by Gasteiger charge is -2.13. The number of ether oxygens (including phenoxy) is 2. The number of hydrogen-bond acceptors (Lipinski definition) is 4. The Morgan fingerprint density at radius 1 is 1.12 bits per heavy atom. The number of carbonyl (C=O) groups is 1. The third-order valence-electron chi connectivity index (χ3n) is 3.85. The number of nitrogens with zero attached hydrogens (tertiary/aromatic N) is 1. The maximum absolute atomic E-state index is 12.0. The van der Waals surface area contributed by atoms with E-state index in [2.05, 4.69) is 5.32 Å². The Labute approximate surface area is 155 Å². The first-order valence-electron chi connectivity index (χ1n) is 8.50. The fraction of sp³-hybridized carbons (Fsp3) is 0.286. The molecule has 0 aliphatic carbocycles. The summed E-state index contributed by atoms with van der Waals surface area (Å²) in [6.45, 7) is 2.36. The molecule has 0 radical (unpaired) electrons. The van der Waals surface area contributed by atoms with Gasteiger partial charge in [0.1, 0.15) is 0 Å². The maximum Gasteiger partial charge on any atom is 0.258 e. The van der Waals surface area contributed by atoms with Gasteiger partial charge in [0.2, 0.25) is 0 Å². The first-order valence-corrected chi connectivity index (χ1v) is 8.50. The number of allylic oxidation sites excluding steroid dienone is 1. The van der Waals surface area contributed by atoms with Crippen molar-refractivity contribution in [2.75, 3.05) is 32.7 Å². The molecule has 0 aliphatic rings. The number of anilines is 1. The van der Waals surface area contributed by atoms with Crippen LogP contribution in [0.4, 0.5) is 5.69 Å².